The lowest BCUT2D eigenvalue weighted by atomic mass is 10.0. The maximum atomic E-state index is 11.2. The molecule has 2 aromatic rings. The number of rotatable bonds is 3. The van der Waals surface area contributed by atoms with Gasteiger partial charge in [0.1, 0.15) is 0 Å². The summed E-state index contributed by atoms with van der Waals surface area (Å²) in [7, 11) is 0. The fourth-order valence-electron chi connectivity index (χ4n) is 2.11. The van der Waals surface area contributed by atoms with E-state index in [1.165, 1.54) is 5.56 Å². The van der Waals surface area contributed by atoms with Crippen LogP contribution in [0, 0.1) is 13.8 Å². The Labute approximate surface area is 112 Å². The Balaban J connectivity index is 2.58. The van der Waals surface area contributed by atoms with Gasteiger partial charge in [0.05, 0.1) is 17.0 Å². The monoisotopic (exact) mass is 255 g/mol. The first-order valence-corrected chi connectivity index (χ1v) is 6.33. The second-order valence-corrected chi connectivity index (χ2v) is 4.67. The maximum absolute atomic E-state index is 11.2. The normalized spacial score (nSPS) is 10.5. The zero-order valence-electron chi connectivity index (χ0n) is 11.4. The van der Waals surface area contributed by atoms with E-state index in [4.69, 9.17) is 0 Å². The molecular formula is C16H17NO2. The van der Waals surface area contributed by atoms with Gasteiger partial charge in [-0.2, -0.15) is 0 Å². The molecule has 0 aliphatic rings. The lowest BCUT2D eigenvalue weighted by Gasteiger charge is -2.10. The third-order valence-corrected chi connectivity index (χ3v) is 3.18. The molecule has 0 bridgehead atoms. The van der Waals surface area contributed by atoms with Gasteiger partial charge in [-0.15, -0.1) is 0 Å². The summed E-state index contributed by atoms with van der Waals surface area (Å²) < 4.78 is 0. The Morgan fingerprint density at radius 1 is 1.21 bits per heavy atom. The van der Waals surface area contributed by atoms with Gasteiger partial charge in [-0.3, -0.25) is 4.98 Å². The van der Waals surface area contributed by atoms with Gasteiger partial charge >= 0.3 is 5.97 Å². The maximum Gasteiger partial charge on any atom is 0.337 e. The van der Waals surface area contributed by atoms with Gasteiger partial charge < -0.3 is 5.11 Å². The predicted octanol–water partition coefficient (Wildman–Crippen LogP) is 3.63. The van der Waals surface area contributed by atoms with Crippen molar-refractivity contribution in [3.05, 3.63) is 52.7 Å². The summed E-state index contributed by atoms with van der Waals surface area (Å²) in [5, 5.41) is 9.18. The molecule has 0 radical (unpaired) electrons. The number of carbonyl (C=O) groups is 1. The second-order valence-electron chi connectivity index (χ2n) is 4.67. The highest BCUT2D eigenvalue weighted by molar-refractivity contribution is 5.89. The van der Waals surface area contributed by atoms with E-state index in [9.17, 15) is 9.90 Å². The molecule has 0 atom stereocenters. The van der Waals surface area contributed by atoms with Gasteiger partial charge in [0.15, 0.2) is 0 Å². The average molecular weight is 255 g/mol. The third kappa shape index (κ3) is 2.65. The Bertz CT molecular complexity index is 615. The van der Waals surface area contributed by atoms with Crippen molar-refractivity contribution in [1.29, 1.82) is 0 Å². The van der Waals surface area contributed by atoms with Crippen LogP contribution in [0.2, 0.25) is 0 Å². The SMILES string of the molecule is CCc1nc(-c2ccc(C)cc2)c(C)cc1C(=O)O. The number of carboxylic acid groups (broad SMARTS) is 1. The summed E-state index contributed by atoms with van der Waals surface area (Å²) in [4.78, 5) is 15.7. The molecule has 0 saturated heterocycles. The van der Waals surface area contributed by atoms with Gasteiger partial charge in [-0.25, -0.2) is 4.79 Å². The first-order chi connectivity index (χ1) is 9.02. The number of nitrogens with zero attached hydrogens (tertiary/aromatic N) is 1. The smallest absolute Gasteiger partial charge is 0.337 e. The van der Waals surface area contributed by atoms with Gasteiger partial charge in [0.2, 0.25) is 0 Å². The van der Waals surface area contributed by atoms with E-state index >= 15 is 0 Å². The third-order valence-electron chi connectivity index (χ3n) is 3.18. The molecule has 2 rings (SSSR count). The molecule has 19 heavy (non-hydrogen) atoms. The molecule has 0 saturated carbocycles. The molecule has 1 aromatic carbocycles. The molecule has 1 aromatic heterocycles. The number of hydrogen-bond acceptors (Lipinski definition) is 2. The Morgan fingerprint density at radius 2 is 1.84 bits per heavy atom. The number of pyridine rings is 1. The van der Waals surface area contributed by atoms with Gasteiger partial charge in [0, 0.05) is 5.56 Å². The van der Waals surface area contributed by atoms with E-state index in [0.29, 0.717) is 17.7 Å². The summed E-state index contributed by atoms with van der Waals surface area (Å²) in [6.07, 6.45) is 0.612. The van der Waals surface area contributed by atoms with Crippen molar-refractivity contribution < 1.29 is 9.90 Å². The number of carboxylic acids is 1. The second kappa shape index (κ2) is 5.22. The number of aromatic nitrogens is 1. The minimum absolute atomic E-state index is 0.302. The molecule has 1 heterocycles. The van der Waals surface area contributed by atoms with E-state index in [1.807, 2.05) is 45.0 Å². The standard InChI is InChI=1S/C16H17NO2/c1-4-14-13(16(18)19)9-11(3)15(17-14)12-7-5-10(2)6-8-12/h5-9H,4H2,1-3H3,(H,18,19). The minimum atomic E-state index is -0.914. The molecule has 0 fully saturated rings. The molecular weight excluding hydrogens is 238 g/mol. The van der Waals surface area contributed by atoms with Gasteiger partial charge in [-0.1, -0.05) is 36.8 Å². The average Bonchev–Trinajstić information content (AvgIpc) is 2.39. The number of benzene rings is 1. The lowest BCUT2D eigenvalue weighted by molar-refractivity contribution is 0.0695. The highest BCUT2D eigenvalue weighted by Gasteiger charge is 2.14. The molecule has 98 valence electrons. The van der Waals surface area contributed by atoms with Crippen LogP contribution in [0.15, 0.2) is 30.3 Å². The van der Waals surface area contributed by atoms with Crippen molar-refractivity contribution in [1.82, 2.24) is 4.98 Å². The van der Waals surface area contributed by atoms with Crippen LogP contribution >= 0.6 is 0 Å². The molecule has 0 spiro atoms. The van der Waals surface area contributed by atoms with Crippen molar-refractivity contribution in [3.8, 4) is 11.3 Å². The molecule has 0 aliphatic carbocycles. The van der Waals surface area contributed by atoms with Crippen LogP contribution < -0.4 is 0 Å². The summed E-state index contributed by atoms with van der Waals surface area (Å²) >= 11 is 0. The fourth-order valence-corrected chi connectivity index (χ4v) is 2.11. The van der Waals surface area contributed by atoms with E-state index in [2.05, 4.69) is 4.98 Å². The molecule has 0 amide bonds. The Morgan fingerprint density at radius 3 is 2.37 bits per heavy atom. The van der Waals surface area contributed by atoms with E-state index in [1.54, 1.807) is 6.07 Å². The fraction of sp³-hybridized carbons (Fsp3) is 0.250. The van der Waals surface area contributed by atoms with Crippen LogP contribution in [0.4, 0.5) is 0 Å². The molecule has 3 heteroatoms. The summed E-state index contributed by atoms with van der Waals surface area (Å²) in [6, 6.07) is 9.82. The Hall–Kier alpha value is -2.16. The number of aromatic carboxylic acids is 1. The van der Waals surface area contributed by atoms with Crippen LogP contribution in [-0.4, -0.2) is 16.1 Å². The van der Waals surface area contributed by atoms with Crippen LogP contribution in [-0.2, 0) is 6.42 Å². The zero-order valence-corrected chi connectivity index (χ0v) is 11.4. The van der Waals surface area contributed by atoms with Crippen LogP contribution in [0.25, 0.3) is 11.3 Å². The first-order valence-electron chi connectivity index (χ1n) is 6.33. The van der Waals surface area contributed by atoms with Crippen LogP contribution in [0.1, 0.15) is 34.1 Å². The topological polar surface area (TPSA) is 50.2 Å². The van der Waals surface area contributed by atoms with E-state index in [0.717, 1.165) is 16.8 Å². The molecule has 1 N–H and O–H groups in total. The number of hydrogen-bond donors (Lipinski definition) is 1. The first kappa shape index (κ1) is 13.3. The van der Waals surface area contributed by atoms with Crippen molar-refractivity contribution in [2.24, 2.45) is 0 Å². The van der Waals surface area contributed by atoms with Crippen LogP contribution in [0.5, 0.6) is 0 Å². The summed E-state index contributed by atoms with van der Waals surface area (Å²) in [5.41, 5.74) is 4.90. The molecule has 0 aliphatic heterocycles. The van der Waals surface area contributed by atoms with Crippen LogP contribution in [0.3, 0.4) is 0 Å². The summed E-state index contributed by atoms with van der Waals surface area (Å²) in [6.45, 7) is 5.85. The number of aryl methyl sites for hydroxylation is 3. The predicted molar refractivity (Wildman–Crippen MR) is 75.5 cm³/mol. The van der Waals surface area contributed by atoms with E-state index < -0.39 is 5.97 Å². The molecule has 0 unspecified atom stereocenters. The van der Waals surface area contributed by atoms with E-state index in [-0.39, 0.29) is 0 Å². The van der Waals surface area contributed by atoms with Crippen molar-refractivity contribution in [2.75, 3.05) is 0 Å². The van der Waals surface area contributed by atoms with Gasteiger partial charge in [-0.05, 0) is 31.9 Å². The Kier molecular flexibility index (Phi) is 3.65. The van der Waals surface area contributed by atoms with Crippen molar-refractivity contribution in [2.45, 2.75) is 27.2 Å². The highest BCUT2D eigenvalue weighted by atomic mass is 16.4. The lowest BCUT2D eigenvalue weighted by Crippen LogP contribution is -2.06. The molecule has 3 nitrogen and oxygen atoms in total. The zero-order chi connectivity index (χ0) is 14.0. The quantitative estimate of drug-likeness (QED) is 0.911. The minimum Gasteiger partial charge on any atom is -0.478 e. The highest BCUT2D eigenvalue weighted by Crippen LogP contribution is 2.24. The summed E-state index contributed by atoms with van der Waals surface area (Å²) in [5.74, 6) is -0.914. The van der Waals surface area contributed by atoms with Crippen molar-refractivity contribution in [3.63, 3.8) is 0 Å². The van der Waals surface area contributed by atoms with Crippen molar-refractivity contribution >= 4 is 5.97 Å². The largest absolute Gasteiger partial charge is 0.478 e. The van der Waals surface area contributed by atoms with Gasteiger partial charge in [0.25, 0.3) is 0 Å².